The largest absolute Gasteiger partial charge is 0.409 e. The molecule has 1 rings (SSSR count). The zero-order chi connectivity index (χ0) is 10.0. The van der Waals surface area contributed by atoms with E-state index in [1.165, 1.54) is 11.3 Å². The van der Waals surface area contributed by atoms with Crippen molar-refractivity contribution in [2.45, 2.75) is 6.92 Å². The molecule has 1 aromatic heterocycles. The molecule has 0 atom stereocenters. The van der Waals surface area contributed by atoms with Crippen molar-refractivity contribution in [1.29, 1.82) is 0 Å². The van der Waals surface area contributed by atoms with E-state index in [2.05, 4.69) is 5.16 Å². The standard InChI is InChI=1S/C7H9N3O2S/c1-3-4(7(9)11)2-13-5(3)6(8)10-12/h2,12H,1H3,(H2,8,10)(H2,9,11). The molecular weight excluding hydrogens is 190 g/mol. The molecule has 0 aliphatic rings. The first kappa shape index (κ1) is 9.53. The summed E-state index contributed by atoms with van der Waals surface area (Å²) in [4.78, 5) is 11.4. The van der Waals surface area contributed by atoms with Crippen molar-refractivity contribution in [1.82, 2.24) is 0 Å². The SMILES string of the molecule is Cc1c(C(N)=O)csc1C(N)=NO. The minimum Gasteiger partial charge on any atom is -0.409 e. The van der Waals surface area contributed by atoms with Crippen LogP contribution in [0.4, 0.5) is 0 Å². The lowest BCUT2D eigenvalue weighted by Crippen LogP contribution is -2.15. The van der Waals surface area contributed by atoms with Crippen LogP contribution >= 0.6 is 11.3 Å². The van der Waals surface area contributed by atoms with Gasteiger partial charge in [-0.25, -0.2) is 0 Å². The summed E-state index contributed by atoms with van der Waals surface area (Å²) in [5.41, 5.74) is 11.5. The van der Waals surface area contributed by atoms with Gasteiger partial charge in [-0.15, -0.1) is 11.3 Å². The number of carbonyl (C=O) groups excluding carboxylic acids is 1. The van der Waals surface area contributed by atoms with Crippen molar-refractivity contribution in [2.75, 3.05) is 0 Å². The molecule has 5 nitrogen and oxygen atoms in total. The number of hydrogen-bond donors (Lipinski definition) is 3. The highest BCUT2D eigenvalue weighted by molar-refractivity contribution is 7.12. The Bertz CT molecular complexity index is 370. The molecule has 0 spiro atoms. The number of amidine groups is 1. The second-order valence-electron chi connectivity index (χ2n) is 2.45. The minimum absolute atomic E-state index is 0.00463. The Hall–Kier alpha value is -1.56. The molecule has 1 amide bonds. The highest BCUT2D eigenvalue weighted by atomic mass is 32.1. The van der Waals surface area contributed by atoms with E-state index in [1.54, 1.807) is 12.3 Å². The molecule has 0 bridgehead atoms. The van der Waals surface area contributed by atoms with Crippen molar-refractivity contribution in [2.24, 2.45) is 16.6 Å². The smallest absolute Gasteiger partial charge is 0.249 e. The summed E-state index contributed by atoms with van der Waals surface area (Å²) in [6.07, 6.45) is 0. The van der Waals surface area contributed by atoms with E-state index in [4.69, 9.17) is 16.7 Å². The Balaban J connectivity index is 3.21. The Morgan fingerprint density at radius 2 is 2.23 bits per heavy atom. The van der Waals surface area contributed by atoms with Crippen molar-refractivity contribution in [3.63, 3.8) is 0 Å². The first-order valence-corrected chi connectivity index (χ1v) is 4.31. The molecule has 0 saturated heterocycles. The summed E-state index contributed by atoms with van der Waals surface area (Å²) in [5.74, 6) is -0.513. The van der Waals surface area contributed by atoms with Crippen LogP contribution in [0.2, 0.25) is 0 Å². The van der Waals surface area contributed by atoms with Crippen LogP contribution in [0.25, 0.3) is 0 Å². The molecule has 5 N–H and O–H groups in total. The normalized spacial score (nSPS) is 11.6. The lowest BCUT2D eigenvalue weighted by Gasteiger charge is -1.96. The van der Waals surface area contributed by atoms with Crippen LogP contribution in [-0.4, -0.2) is 17.0 Å². The molecule has 0 aliphatic heterocycles. The Kier molecular flexibility index (Phi) is 2.52. The zero-order valence-corrected chi connectivity index (χ0v) is 7.76. The maximum absolute atomic E-state index is 10.8. The third kappa shape index (κ3) is 1.62. The van der Waals surface area contributed by atoms with E-state index in [9.17, 15) is 4.79 Å². The van der Waals surface area contributed by atoms with E-state index >= 15 is 0 Å². The van der Waals surface area contributed by atoms with Gasteiger partial charge in [-0.3, -0.25) is 4.79 Å². The van der Waals surface area contributed by atoms with Crippen molar-refractivity contribution in [3.05, 3.63) is 21.4 Å². The monoisotopic (exact) mass is 199 g/mol. The van der Waals surface area contributed by atoms with Crippen LogP contribution in [0.1, 0.15) is 20.8 Å². The Morgan fingerprint density at radius 1 is 1.62 bits per heavy atom. The molecular formula is C7H9N3O2S. The fourth-order valence-corrected chi connectivity index (χ4v) is 1.93. The summed E-state index contributed by atoms with van der Waals surface area (Å²) in [6, 6.07) is 0. The van der Waals surface area contributed by atoms with Crippen LogP contribution in [-0.2, 0) is 0 Å². The highest BCUT2D eigenvalue weighted by Gasteiger charge is 2.14. The number of nitrogens with zero attached hydrogens (tertiary/aromatic N) is 1. The molecule has 13 heavy (non-hydrogen) atoms. The van der Waals surface area contributed by atoms with Gasteiger partial charge in [0.2, 0.25) is 5.91 Å². The zero-order valence-electron chi connectivity index (χ0n) is 6.94. The quantitative estimate of drug-likeness (QED) is 0.275. The van der Waals surface area contributed by atoms with Gasteiger partial charge in [-0.2, -0.15) is 0 Å². The number of hydrogen-bond acceptors (Lipinski definition) is 4. The molecule has 1 aromatic rings. The van der Waals surface area contributed by atoms with Gasteiger partial charge < -0.3 is 16.7 Å². The lowest BCUT2D eigenvalue weighted by molar-refractivity contribution is 0.1000. The number of thiophene rings is 1. The van der Waals surface area contributed by atoms with Gasteiger partial charge in [-0.1, -0.05) is 5.16 Å². The van der Waals surface area contributed by atoms with E-state index in [-0.39, 0.29) is 5.84 Å². The van der Waals surface area contributed by atoms with Crippen LogP contribution in [0.3, 0.4) is 0 Å². The molecule has 0 unspecified atom stereocenters. The Labute approximate surface area is 78.7 Å². The molecule has 0 fully saturated rings. The summed E-state index contributed by atoms with van der Waals surface area (Å²) < 4.78 is 0. The number of oxime groups is 1. The number of primary amides is 1. The average molecular weight is 199 g/mol. The van der Waals surface area contributed by atoms with Crippen LogP contribution in [0, 0.1) is 6.92 Å². The Morgan fingerprint density at radius 3 is 2.62 bits per heavy atom. The minimum atomic E-state index is -0.509. The number of carbonyl (C=O) groups is 1. The van der Waals surface area contributed by atoms with E-state index in [1.807, 2.05) is 0 Å². The number of rotatable bonds is 2. The van der Waals surface area contributed by atoms with E-state index < -0.39 is 5.91 Å². The maximum Gasteiger partial charge on any atom is 0.249 e. The van der Waals surface area contributed by atoms with Gasteiger partial charge in [0.1, 0.15) is 0 Å². The van der Waals surface area contributed by atoms with Gasteiger partial charge >= 0.3 is 0 Å². The molecule has 0 radical (unpaired) electrons. The van der Waals surface area contributed by atoms with Gasteiger partial charge in [0.15, 0.2) is 5.84 Å². The molecule has 0 aromatic carbocycles. The predicted octanol–water partition coefficient (Wildman–Crippen LogP) is 0.250. The molecule has 0 aliphatic carbocycles. The van der Waals surface area contributed by atoms with Crippen LogP contribution in [0.5, 0.6) is 0 Å². The van der Waals surface area contributed by atoms with Crippen LogP contribution < -0.4 is 11.5 Å². The number of amides is 1. The second-order valence-corrected chi connectivity index (χ2v) is 3.33. The van der Waals surface area contributed by atoms with Gasteiger partial charge in [0.05, 0.1) is 10.4 Å². The number of nitrogens with two attached hydrogens (primary N) is 2. The van der Waals surface area contributed by atoms with Crippen LogP contribution in [0.15, 0.2) is 10.5 Å². The molecule has 0 saturated carbocycles. The summed E-state index contributed by atoms with van der Waals surface area (Å²) in [6.45, 7) is 1.70. The van der Waals surface area contributed by atoms with Gasteiger partial charge in [0.25, 0.3) is 0 Å². The van der Waals surface area contributed by atoms with Gasteiger partial charge in [0, 0.05) is 5.38 Å². The highest BCUT2D eigenvalue weighted by Crippen LogP contribution is 2.20. The molecule has 70 valence electrons. The topological polar surface area (TPSA) is 102 Å². The molecule has 1 heterocycles. The summed E-state index contributed by atoms with van der Waals surface area (Å²) >= 11 is 1.22. The first-order chi connectivity index (χ1) is 6.07. The van der Waals surface area contributed by atoms with E-state index in [0.29, 0.717) is 16.0 Å². The third-order valence-corrected chi connectivity index (χ3v) is 2.75. The maximum atomic E-state index is 10.8. The van der Waals surface area contributed by atoms with Gasteiger partial charge in [-0.05, 0) is 12.5 Å². The van der Waals surface area contributed by atoms with Crippen molar-refractivity contribution in [3.8, 4) is 0 Å². The first-order valence-electron chi connectivity index (χ1n) is 3.43. The summed E-state index contributed by atoms with van der Waals surface area (Å²) in [5, 5.41) is 12.8. The predicted molar refractivity (Wildman–Crippen MR) is 50.1 cm³/mol. The van der Waals surface area contributed by atoms with Crippen molar-refractivity contribution >= 4 is 23.1 Å². The summed E-state index contributed by atoms with van der Waals surface area (Å²) in [7, 11) is 0. The fraction of sp³-hybridized carbons (Fsp3) is 0.143. The fourth-order valence-electron chi connectivity index (χ4n) is 0.958. The second kappa shape index (κ2) is 3.44. The van der Waals surface area contributed by atoms with E-state index in [0.717, 1.165) is 0 Å². The molecule has 6 heteroatoms. The van der Waals surface area contributed by atoms with Crippen molar-refractivity contribution < 1.29 is 10.0 Å². The lowest BCUT2D eigenvalue weighted by atomic mass is 10.1. The average Bonchev–Trinajstić information content (AvgIpc) is 2.46. The third-order valence-electron chi connectivity index (χ3n) is 1.65.